The van der Waals surface area contributed by atoms with Crippen LogP contribution in [0.15, 0.2) is 0 Å². The molecular formula is C14H29ClN2O2S. The second kappa shape index (κ2) is 11.7. The molecule has 6 heteroatoms. The number of amides is 1. The van der Waals surface area contributed by atoms with Crippen LogP contribution >= 0.6 is 24.2 Å². The first-order valence-electron chi connectivity index (χ1n) is 7.32. The van der Waals surface area contributed by atoms with Gasteiger partial charge in [0.15, 0.2) is 0 Å². The molecule has 0 aromatic rings. The summed E-state index contributed by atoms with van der Waals surface area (Å²) in [6, 6.07) is 0.685. The molecule has 0 radical (unpaired) electrons. The van der Waals surface area contributed by atoms with Crippen LogP contribution in [0.4, 0.5) is 0 Å². The third-order valence-electron chi connectivity index (χ3n) is 3.66. The quantitative estimate of drug-likeness (QED) is 0.743. The third-order valence-corrected chi connectivity index (χ3v) is 4.79. The number of ether oxygens (including phenoxy) is 1. The summed E-state index contributed by atoms with van der Waals surface area (Å²) >= 11 is 1.94. The Morgan fingerprint density at radius 2 is 2.15 bits per heavy atom. The minimum Gasteiger partial charge on any atom is -0.383 e. The number of thioether (sulfide) groups is 1. The zero-order chi connectivity index (χ0) is 14.1. The van der Waals surface area contributed by atoms with Gasteiger partial charge in [-0.3, -0.25) is 4.79 Å². The van der Waals surface area contributed by atoms with Crippen molar-refractivity contribution in [2.75, 3.05) is 38.3 Å². The van der Waals surface area contributed by atoms with Crippen molar-refractivity contribution in [3.8, 4) is 0 Å². The zero-order valence-electron chi connectivity index (χ0n) is 12.9. The summed E-state index contributed by atoms with van der Waals surface area (Å²) in [5, 5.41) is 3.44. The maximum atomic E-state index is 12.5. The summed E-state index contributed by atoms with van der Waals surface area (Å²) in [5.41, 5.74) is 0. The van der Waals surface area contributed by atoms with E-state index in [0.717, 1.165) is 30.9 Å². The largest absolute Gasteiger partial charge is 0.383 e. The Balaban J connectivity index is 0.00000361. The van der Waals surface area contributed by atoms with E-state index in [0.29, 0.717) is 31.7 Å². The van der Waals surface area contributed by atoms with Crippen LogP contribution in [0.3, 0.4) is 0 Å². The van der Waals surface area contributed by atoms with E-state index >= 15 is 0 Å². The highest BCUT2D eigenvalue weighted by Gasteiger charge is 2.24. The average Bonchev–Trinajstić information content (AvgIpc) is 2.44. The lowest BCUT2D eigenvalue weighted by atomic mass is 10.1. The number of halogens is 1. The smallest absolute Gasteiger partial charge is 0.224 e. The van der Waals surface area contributed by atoms with Gasteiger partial charge >= 0.3 is 0 Å². The molecule has 0 spiro atoms. The van der Waals surface area contributed by atoms with Crippen LogP contribution in [0.1, 0.15) is 33.1 Å². The van der Waals surface area contributed by atoms with Crippen molar-refractivity contribution in [3.63, 3.8) is 0 Å². The number of nitrogens with one attached hydrogen (secondary N) is 1. The molecule has 1 aliphatic rings. The number of carbonyl (C=O) groups excluding carboxylic acids is 1. The fourth-order valence-electron chi connectivity index (χ4n) is 2.51. The number of nitrogens with zero attached hydrogens (tertiary/aromatic N) is 1. The third kappa shape index (κ3) is 6.66. The lowest BCUT2D eigenvalue weighted by Crippen LogP contribution is -2.46. The molecular weight excluding hydrogens is 296 g/mol. The number of hydrogen-bond donors (Lipinski definition) is 1. The van der Waals surface area contributed by atoms with E-state index in [9.17, 15) is 4.79 Å². The van der Waals surface area contributed by atoms with Gasteiger partial charge in [0.1, 0.15) is 0 Å². The number of hydrogen-bond acceptors (Lipinski definition) is 4. The topological polar surface area (TPSA) is 41.6 Å². The van der Waals surface area contributed by atoms with Crippen molar-refractivity contribution >= 4 is 30.1 Å². The van der Waals surface area contributed by atoms with Gasteiger partial charge in [-0.15, -0.1) is 12.4 Å². The lowest BCUT2D eigenvalue weighted by molar-refractivity contribution is -0.134. The van der Waals surface area contributed by atoms with E-state index < -0.39 is 0 Å². The predicted octanol–water partition coefficient (Wildman–Crippen LogP) is 2.17. The highest BCUT2D eigenvalue weighted by atomic mass is 35.5. The van der Waals surface area contributed by atoms with Crippen molar-refractivity contribution < 1.29 is 9.53 Å². The number of carbonyl (C=O) groups is 1. The summed E-state index contributed by atoms with van der Waals surface area (Å²) < 4.78 is 5.14. The Bertz CT molecular complexity index is 260. The number of rotatable bonds is 8. The van der Waals surface area contributed by atoms with E-state index in [1.165, 1.54) is 0 Å². The summed E-state index contributed by atoms with van der Waals surface area (Å²) in [6.45, 7) is 6.65. The van der Waals surface area contributed by atoms with Crippen LogP contribution in [0.5, 0.6) is 0 Å². The van der Waals surface area contributed by atoms with Gasteiger partial charge in [0, 0.05) is 50.2 Å². The first-order chi connectivity index (χ1) is 9.22. The first kappa shape index (κ1) is 20.0. The van der Waals surface area contributed by atoms with Crippen LogP contribution < -0.4 is 5.32 Å². The molecule has 1 saturated heterocycles. The fraction of sp³-hybridized carbons (Fsp3) is 0.929. The van der Waals surface area contributed by atoms with Crippen LogP contribution in [-0.4, -0.2) is 61.2 Å². The molecule has 0 aliphatic carbocycles. The lowest BCUT2D eigenvalue weighted by Gasteiger charge is -2.32. The Morgan fingerprint density at radius 1 is 1.45 bits per heavy atom. The van der Waals surface area contributed by atoms with Crippen LogP contribution in [0, 0.1) is 0 Å². The molecule has 0 aromatic carbocycles. The molecule has 1 amide bonds. The molecule has 0 bridgehead atoms. The summed E-state index contributed by atoms with van der Waals surface area (Å²) in [6.07, 6.45) is 2.64. The van der Waals surface area contributed by atoms with Crippen molar-refractivity contribution in [3.05, 3.63) is 0 Å². The molecule has 1 fully saturated rings. The molecule has 0 aromatic heterocycles. The van der Waals surface area contributed by atoms with Crippen LogP contribution in [0.25, 0.3) is 0 Å². The van der Waals surface area contributed by atoms with E-state index in [2.05, 4.69) is 19.2 Å². The SMILES string of the molecule is CCC(CC)N(CCOC)C(=O)CC1CSCCN1.Cl. The highest BCUT2D eigenvalue weighted by molar-refractivity contribution is 7.99. The zero-order valence-corrected chi connectivity index (χ0v) is 14.5. The van der Waals surface area contributed by atoms with Gasteiger partial charge in [-0.05, 0) is 12.8 Å². The molecule has 1 heterocycles. The highest BCUT2D eigenvalue weighted by Crippen LogP contribution is 2.15. The fourth-order valence-corrected chi connectivity index (χ4v) is 3.46. The Kier molecular flexibility index (Phi) is 11.7. The summed E-state index contributed by atoms with van der Waals surface area (Å²) in [7, 11) is 1.69. The molecule has 1 rings (SSSR count). The maximum Gasteiger partial charge on any atom is 0.224 e. The normalized spacial score (nSPS) is 18.7. The van der Waals surface area contributed by atoms with Crippen molar-refractivity contribution in [1.29, 1.82) is 0 Å². The van der Waals surface area contributed by atoms with Gasteiger partial charge in [-0.25, -0.2) is 0 Å². The van der Waals surface area contributed by atoms with Gasteiger partial charge < -0.3 is 15.0 Å². The molecule has 20 heavy (non-hydrogen) atoms. The van der Waals surface area contributed by atoms with E-state index in [1.54, 1.807) is 7.11 Å². The maximum absolute atomic E-state index is 12.5. The summed E-state index contributed by atoms with van der Waals surface area (Å²) in [5.74, 6) is 2.47. The Labute approximate surface area is 133 Å². The molecule has 1 aliphatic heterocycles. The van der Waals surface area contributed by atoms with E-state index in [4.69, 9.17) is 4.74 Å². The van der Waals surface area contributed by atoms with Crippen LogP contribution in [-0.2, 0) is 9.53 Å². The van der Waals surface area contributed by atoms with Gasteiger partial charge in [-0.2, -0.15) is 11.8 Å². The second-order valence-corrected chi connectivity index (χ2v) is 6.13. The predicted molar refractivity (Wildman–Crippen MR) is 88.9 cm³/mol. The summed E-state index contributed by atoms with van der Waals surface area (Å²) in [4.78, 5) is 14.5. The monoisotopic (exact) mass is 324 g/mol. The second-order valence-electron chi connectivity index (χ2n) is 4.98. The molecule has 120 valence electrons. The molecule has 1 unspecified atom stereocenters. The first-order valence-corrected chi connectivity index (χ1v) is 8.47. The minimum atomic E-state index is 0. The minimum absolute atomic E-state index is 0. The molecule has 1 N–H and O–H groups in total. The Morgan fingerprint density at radius 3 is 2.65 bits per heavy atom. The van der Waals surface area contributed by atoms with Crippen molar-refractivity contribution in [1.82, 2.24) is 10.2 Å². The van der Waals surface area contributed by atoms with Crippen LogP contribution in [0.2, 0.25) is 0 Å². The van der Waals surface area contributed by atoms with E-state index in [-0.39, 0.29) is 18.3 Å². The van der Waals surface area contributed by atoms with Gasteiger partial charge in [0.25, 0.3) is 0 Å². The van der Waals surface area contributed by atoms with E-state index in [1.807, 2.05) is 16.7 Å². The standard InChI is InChI=1S/C14H28N2O2S.ClH/c1-4-13(5-2)16(7-8-18-3)14(17)10-12-11-19-9-6-15-12;/h12-13,15H,4-11H2,1-3H3;1H. The average molecular weight is 325 g/mol. The Hall–Kier alpha value is 0.0300. The van der Waals surface area contributed by atoms with Crippen molar-refractivity contribution in [2.24, 2.45) is 0 Å². The van der Waals surface area contributed by atoms with Gasteiger partial charge in [-0.1, -0.05) is 13.8 Å². The molecule has 4 nitrogen and oxygen atoms in total. The molecule has 1 atom stereocenters. The van der Waals surface area contributed by atoms with Crippen molar-refractivity contribution in [2.45, 2.75) is 45.2 Å². The van der Waals surface area contributed by atoms with Gasteiger partial charge in [0.2, 0.25) is 5.91 Å². The van der Waals surface area contributed by atoms with Gasteiger partial charge in [0.05, 0.1) is 6.61 Å². The molecule has 0 saturated carbocycles. The number of methoxy groups -OCH3 is 1.